The zero-order valence-electron chi connectivity index (χ0n) is 9.36. The average Bonchev–Trinajstić information content (AvgIpc) is 2.80. The van der Waals surface area contributed by atoms with Crippen LogP contribution < -0.4 is 5.43 Å². The van der Waals surface area contributed by atoms with Crippen LogP contribution in [-0.2, 0) is 0 Å². The number of carbonyl (C=O) groups excluding carboxylic acids is 1. The minimum Gasteiger partial charge on any atom is -0.444 e. The van der Waals surface area contributed by atoms with Crippen LogP contribution in [0.2, 0.25) is 10.0 Å². The van der Waals surface area contributed by atoms with E-state index in [1.807, 2.05) is 0 Å². The molecule has 2 aromatic rings. The van der Waals surface area contributed by atoms with Crippen molar-refractivity contribution in [2.75, 3.05) is 0 Å². The fourth-order valence-corrected chi connectivity index (χ4v) is 1.86. The minimum atomic E-state index is -0.443. The Balaban J connectivity index is 2.00. The van der Waals surface area contributed by atoms with Crippen LogP contribution in [0.3, 0.4) is 0 Å². The number of halogens is 3. The Bertz CT molecular complexity index is 640. The second-order valence-corrected chi connectivity index (χ2v) is 5.07. The first kappa shape index (κ1) is 14.1. The Morgan fingerprint density at radius 2 is 2.05 bits per heavy atom. The van der Waals surface area contributed by atoms with Gasteiger partial charge in [-0.15, -0.1) is 0 Å². The van der Waals surface area contributed by atoms with E-state index in [0.717, 1.165) is 5.56 Å². The molecule has 0 spiro atoms. The molecule has 0 fully saturated rings. The third-order valence-corrected chi connectivity index (χ3v) is 3.29. The van der Waals surface area contributed by atoms with Gasteiger partial charge in [-0.05, 0) is 45.8 Å². The number of hydrogen-bond donors (Lipinski definition) is 1. The van der Waals surface area contributed by atoms with Crippen molar-refractivity contribution in [1.29, 1.82) is 0 Å². The van der Waals surface area contributed by atoms with E-state index in [4.69, 9.17) is 27.6 Å². The van der Waals surface area contributed by atoms with Gasteiger partial charge < -0.3 is 4.42 Å². The van der Waals surface area contributed by atoms with Crippen molar-refractivity contribution in [1.82, 2.24) is 5.43 Å². The molecule has 0 saturated carbocycles. The van der Waals surface area contributed by atoms with Crippen LogP contribution in [0.4, 0.5) is 0 Å². The monoisotopic (exact) mass is 360 g/mol. The smallest absolute Gasteiger partial charge is 0.307 e. The molecule has 1 aromatic heterocycles. The van der Waals surface area contributed by atoms with Gasteiger partial charge >= 0.3 is 5.91 Å². The lowest BCUT2D eigenvalue weighted by atomic mass is 10.2. The molecule has 1 heterocycles. The summed E-state index contributed by atoms with van der Waals surface area (Å²) in [6.45, 7) is 0. The maximum Gasteiger partial charge on any atom is 0.307 e. The van der Waals surface area contributed by atoms with Gasteiger partial charge in [-0.1, -0.05) is 29.3 Å². The van der Waals surface area contributed by atoms with Crippen LogP contribution in [0, 0.1) is 0 Å². The molecule has 0 atom stereocenters. The summed E-state index contributed by atoms with van der Waals surface area (Å²) in [6.07, 6.45) is 1.46. The first-order valence-electron chi connectivity index (χ1n) is 5.10. The van der Waals surface area contributed by atoms with Crippen molar-refractivity contribution in [2.24, 2.45) is 5.10 Å². The van der Waals surface area contributed by atoms with E-state index in [2.05, 4.69) is 26.5 Å². The first-order valence-corrected chi connectivity index (χ1v) is 6.65. The molecule has 0 saturated heterocycles. The number of nitrogens with one attached hydrogen (secondary N) is 1. The fourth-order valence-electron chi connectivity index (χ4n) is 1.25. The number of nitrogens with zero attached hydrogens (tertiary/aromatic N) is 1. The summed E-state index contributed by atoms with van der Waals surface area (Å²) in [5.41, 5.74) is 3.05. The van der Waals surface area contributed by atoms with Crippen LogP contribution in [0.1, 0.15) is 16.1 Å². The highest BCUT2D eigenvalue weighted by Crippen LogP contribution is 2.21. The van der Waals surface area contributed by atoms with Gasteiger partial charge in [0.05, 0.1) is 16.3 Å². The predicted octanol–water partition coefficient (Wildman–Crippen LogP) is 4.11. The molecule has 2 rings (SSSR count). The zero-order valence-corrected chi connectivity index (χ0v) is 12.5. The van der Waals surface area contributed by atoms with Crippen molar-refractivity contribution in [3.05, 3.63) is 56.4 Å². The molecule has 4 nitrogen and oxygen atoms in total. The summed E-state index contributed by atoms with van der Waals surface area (Å²) < 4.78 is 5.55. The standard InChI is InChI=1S/C12H7BrCl2N2O2/c13-11-4-3-10(19-11)12(18)17-16-6-7-1-2-8(14)9(15)5-7/h1-6H,(H,17,18). The zero-order chi connectivity index (χ0) is 13.8. The molecule has 0 aliphatic rings. The highest BCUT2D eigenvalue weighted by atomic mass is 79.9. The largest absolute Gasteiger partial charge is 0.444 e. The number of hydrogen-bond acceptors (Lipinski definition) is 3. The quantitative estimate of drug-likeness (QED) is 0.660. The minimum absolute atomic E-state index is 0.165. The molecule has 7 heteroatoms. The Labute approximate surface area is 127 Å². The van der Waals surface area contributed by atoms with E-state index in [9.17, 15) is 4.79 Å². The summed E-state index contributed by atoms with van der Waals surface area (Å²) in [5, 5.41) is 4.68. The maximum absolute atomic E-state index is 11.6. The van der Waals surface area contributed by atoms with E-state index in [-0.39, 0.29) is 5.76 Å². The molecule has 19 heavy (non-hydrogen) atoms. The van der Waals surface area contributed by atoms with Crippen molar-refractivity contribution >= 4 is 51.3 Å². The molecule has 0 unspecified atom stereocenters. The van der Waals surface area contributed by atoms with Crippen molar-refractivity contribution < 1.29 is 9.21 Å². The number of benzene rings is 1. The molecule has 1 N–H and O–H groups in total. The third kappa shape index (κ3) is 3.83. The van der Waals surface area contributed by atoms with Gasteiger partial charge in [0.1, 0.15) is 0 Å². The van der Waals surface area contributed by atoms with Crippen LogP contribution in [0.15, 0.2) is 44.5 Å². The number of rotatable bonds is 3. The van der Waals surface area contributed by atoms with Crippen LogP contribution in [0.5, 0.6) is 0 Å². The summed E-state index contributed by atoms with van der Waals surface area (Å²) in [7, 11) is 0. The maximum atomic E-state index is 11.6. The van der Waals surface area contributed by atoms with Gasteiger partial charge in [0.15, 0.2) is 10.4 Å². The molecule has 98 valence electrons. The number of amides is 1. The van der Waals surface area contributed by atoms with Crippen LogP contribution in [-0.4, -0.2) is 12.1 Å². The topological polar surface area (TPSA) is 54.6 Å². The van der Waals surface area contributed by atoms with E-state index < -0.39 is 5.91 Å². The number of carbonyl (C=O) groups is 1. The Kier molecular flexibility index (Phi) is 4.63. The lowest BCUT2D eigenvalue weighted by Crippen LogP contribution is -2.16. The summed E-state index contributed by atoms with van der Waals surface area (Å²) in [6, 6.07) is 8.18. The number of furan rings is 1. The Hall–Kier alpha value is -1.30. The van der Waals surface area contributed by atoms with Gasteiger partial charge in [-0.3, -0.25) is 4.79 Å². The molecular formula is C12H7BrCl2N2O2. The molecule has 0 aliphatic carbocycles. The predicted molar refractivity (Wildman–Crippen MR) is 77.9 cm³/mol. The molecule has 1 aromatic carbocycles. The summed E-state index contributed by atoms with van der Waals surface area (Å²) in [4.78, 5) is 11.6. The second kappa shape index (κ2) is 6.23. The Morgan fingerprint density at radius 1 is 1.26 bits per heavy atom. The summed E-state index contributed by atoms with van der Waals surface area (Å²) in [5.74, 6) is -0.278. The van der Waals surface area contributed by atoms with Gasteiger partial charge in [0.25, 0.3) is 0 Å². The molecule has 0 aliphatic heterocycles. The van der Waals surface area contributed by atoms with Crippen LogP contribution >= 0.6 is 39.1 Å². The van der Waals surface area contributed by atoms with E-state index in [1.54, 1.807) is 24.3 Å². The average molecular weight is 362 g/mol. The molecule has 0 bridgehead atoms. The summed E-state index contributed by atoms with van der Waals surface area (Å²) >= 11 is 14.7. The first-order chi connectivity index (χ1) is 9.06. The SMILES string of the molecule is O=C(NN=Cc1ccc(Cl)c(Cl)c1)c1ccc(Br)o1. The number of hydrazone groups is 1. The normalized spacial score (nSPS) is 10.9. The highest BCUT2D eigenvalue weighted by Gasteiger charge is 2.08. The van der Waals surface area contributed by atoms with E-state index >= 15 is 0 Å². The van der Waals surface area contributed by atoms with Gasteiger partial charge in [0.2, 0.25) is 0 Å². The van der Waals surface area contributed by atoms with E-state index in [1.165, 1.54) is 12.3 Å². The second-order valence-electron chi connectivity index (χ2n) is 3.48. The van der Waals surface area contributed by atoms with Crippen molar-refractivity contribution in [3.8, 4) is 0 Å². The lowest BCUT2D eigenvalue weighted by Gasteiger charge is -1.98. The Morgan fingerprint density at radius 3 is 2.68 bits per heavy atom. The van der Waals surface area contributed by atoms with Crippen molar-refractivity contribution in [3.63, 3.8) is 0 Å². The van der Waals surface area contributed by atoms with Gasteiger partial charge in [-0.25, -0.2) is 5.43 Å². The van der Waals surface area contributed by atoms with Gasteiger partial charge in [0, 0.05) is 0 Å². The van der Waals surface area contributed by atoms with Crippen LogP contribution in [0.25, 0.3) is 0 Å². The lowest BCUT2D eigenvalue weighted by molar-refractivity contribution is 0.0926. The third-order valence-electron chi connectivity index (χ3n) is 2.12. The molecule has 1 amide bonds. The molecular weight excluding hydrogens is 355 g/mol. The highest BCUT2D eigenvalue weighted by molar-refractivity contribution is 9.10. The van der Waals surface area contributed by atoms with Crippen molar-refractivity contribution in [2.45, 2.75) is 0 Å². The van der Waals surface area contributed by atoms with E-state index in [0.29, 0.717) is 14.7 Å². The van der Waals surface area contributed by atoms with Gasteiger partial charge in [-0.2, -0.15) is 5.10 Å². The fraction of sp³-hybridized carbons (Fsp3) is 0. The molecule has 0 radical (unpaired) electrons.